The Morgan fingerprint density at radius 1 is 0.893 bits per heavy atom. The molecule has 0 spiro atoms. The van der Waals surface area contributed by atoms with Gasteiger partial charge in [0.25, 0.3) is 0 Å². The molecule has 2 saturated heterocycles. The Hall–Kier alpha value is -2.40. The first kappa shape index (κ1) is 18.9. The van der Waals surface area contributed by atoms with E-state index in [0.29, 0.717) is 18.4 Å². The van der Waals surface area contributed by atoms with E-state index in [1.54, 1.807) is 0 Å². The molecule has 0 radical (unpaired) electrons. The summed E-state index contributed by atoms with van der Waals surface area (Å²) in [6.07, 6.45) is 5.22. The fraction of sp³-hybridized carbons (Fsp3) is 0.478. The zero-order valence-corrected chi connectivity index (χ0v) is 16.5. The van der Waals surface area contributed by atoms with Crippen molar-refractivity contribution in [3.8, 4) is 0 Å². The van der Waals surface area contributed by atoms with Crippen molar-refractivity contribution >= 4 is 11.7 Å². The number of likely N-dealkylation sites (tertiary alicyclic amines) is 1. The van der Waals surface area contributed by atoms with Crippen molar-refractivity contribution in [2.75, 3.05) is 50.7 Å². The zero-order valence-electron chi connectivity index (χ0n) is 16.5. The summed E-state index contributed by atoms with van der Waals surface area (Å²) in [5.74, 6) is 2.03. The molecule has 1 aromatic carbocycles. The van der Waals surface area contributed by atoms with Crippen LogP contribution in [0.15, 0.2) is 54.7 Å². The number of hydrogen-bond acceptors (Lipinski definition) is 4. The summed E-state index contributed by atoms with van der Waals surface area (Å²) in [6, 6.07) is 16.7. The molecule has 5 nitrogen and oxygen atoms in total. The van der Waals surface area contributed by atoms with Crippen LogP contribution < -0.4 is 4.90 Å². The number of piperazine rings is 1. The summed E-state index contributed by atoms with van der Waals surface area (Å²) in [7, 11) is 0. The third-order valence-corrected chi connectivity index (χ3v) is 6.04. The summed E-state index contributed by atoms with van der Waals surface area (Å²) in [5, 5.41) is 0. The highest BCUT2D eigenvalue weighted by molar-refractivity contribution is 5.78. The van der Waals surface area contributed by atoms with E-state index in [-0.39, 0.29) is 0 Å². The Morgan fingerprint density at radius 2 is 1.61 bits per heavy atom. The molecular formula is C23H30N4O. The molecular weight excluding hydrogens is 348 g/mol. The van der Waals surface area contributed by atoms with E-state index in [4.69, 9.17) is 0 Å². The first-order chi connectivity index (χ1) is 13.8. The van der Waals surface area contributed by atoms with Crippen LogP contribution in [0.3, 0.4) is 0 Å². The van der Waals surface area contributed by atoms with E-state index >= 15 is 0 Å². The van der Waals surface area contributed by atoms with Gasteiger partial charge in [-0.1, -0.05) is 36.4 Å². The Bertz CT molecular complexity index is 736. The van der Waals surface area contributed by atoms with Crippen LogP contribution in [0.5, 0.6) is 0 Å². The number of carbonyl (C=O) groups is 1. The van der Waals surface area contributed by atoms with Crippen molar-refractivity contribution < 1.29 is 4.79 Å². The molecule has 2 aromatic rings. The third-order valence-electron chi connectivity index (χ3n) is 6.04. The minimum atomic E-state index is 0.296. The number of aromatic nitrogens is 1. The molecule has 1 aromatic heterocycles. The lowest BCUT2D eigenvalue weighted by Crippen LogP contribution is -2.51. The van der Waals surface area contributed by atoms with Gasteiger partial charge in [0, 0.05) is 45.5 Å². The summed E-state index contributed by atoms with van der Waals surface area (Å²) in [4.78, 5) is 23.8. The lowest BCUT2D eigenvalue weighted by atomic mass is 9.90. The Kier molecular flexibility index (Phi) is 6.22. The van der Waals surface area contributed by atoms with E-state index in [0.717, 1.165) is 64.3 Å². The predicted molar refractivity (Wildman–Crippen MR) is 112 cm³/mol. The van der Waals surface area contributed by atoms with Gasteiger partial charge >= 0.3 is 0 Å². The fourth-order valence-corrected chi connectivity index (χ4v) is 4.30. The molecule has 0 N–H and O–H groups in total. The lowest BCUT2D eigenvalue weighted by Gasteiger charge is -2.37. The van der Waals surface area contributed by atoms with Crippen molar-refractivity contribution in [1.29, 1.82) is 0 Å². The van der Waals surface area contributed by atoms with Crippen molar-refractivity contribution in [3.63, 3.8) is 0 Å². The number of amides is 1. The van der Waals surface area contributed by atoms with E-state index in [1.807, 2.05) is 18.3 Å². The lowest BCUT2D eigenvalue weighted by molar-refractivity contribution is -0.133. The molecule has 1 amide bonds. The average molecular weight is 379 g/mol. The fourth-order valence-electron chi connectivity index (χ4n) is 4.30. The monoisotopic (exact) mass is 378 g/mol. The SMILES string of the molecule is O=C(CN1CCN(c2ccccn2)CC1)N1CCC(Cc2ccccc2)CC1. The Labute approximate surface area is 168 Å². The Balaban J connectivity index is 1.19. The molecule has 3 heterocycles. The van der Waals surface area contributed by atoms with Gasteiger partial charge in [-0.15, -0.1) is 0 Å². The van der Waals surface area contributed by atoms with Gasteiger partial charge in [0.2, 0.25) is 5.91 Å². The molecule has 28 heavy (non-hydrogen) atoms. The standard InChI is InChI=1S/C23H30N4O/c28-23(19-25-14-16-26(17-15-25)22-8-4-5-11-24-22)27-12-9-21(10-13-27)18-20-6-2-1-3-7-20/h1-8,11,21H,9-10,12-19H2. The first-order valence-electron chi connectivity index (χ1n) is 10.5. The second-order valence-electron chi connectivity index (χ2n) is 7.97. The van der Waals surface area contributed by atoms with Crippen molar-refractivity contribution in [3.05, 3.63) is 60.3 Å². The van der Waals surface area contributed by atoms with E-state index in [1.165, 1.54) is 5.56 Å². The van der Waals surface area contributed by atoms with E-state index in [2.05, 4.69) is 56.1 Å². The summed E-state index contributed by atoms with van der Waals surface area (Å²) >= 11 is 0. The van der Waals surface area contributed by atoms with Crippen molar-refractivity contribution in [2.45, 2.75) is 19.3 Å². The number of benzene rings is 1. The second kappa shape index (κ2) is 9.20. The van der Waals surface area contributed by atoms with E-state index in [9.17, 15) is 4.79 Å². The molecule has 0 aliphatic carbocycles. The van der Waals surface area contributed by atoms with Gasteiger partial charge in [-0.2, -0.15) is 0 Å². The highest BCUT2D eigenvalue weighted by Gasteiger charge is 2.26. The van der Waals surface area contributed by atoms with Gasteiger partial charge in [0.1, 0.15) is 5.82 Å². The van der Waals surface area contributed by atoms with Crippen LogP contribution in [0, 0.1) is 5.92 Å². The molecule has 2 aliphatic heterocycles. The first-order valence-corrected chi connectivity index (χ1v) is 10.5. The van der Waals surface area contributed by atoms with Crippen molar-refractivity contribution in [2.24, 2.45) is 5.92 Å². The normalized spacial score (nSPS) is 19.0. The zero-order chi connectivity index (χ0) is 19.2. The van der Waals surface area contributed by atoms with Crippen LogP contribution in [0.4, 0.5) is 5.82 Å². The van der Waals surface area contributed by atoms with Crippen LogP contribution in [0.2, 0.25) is 0 Å². The maximum absolute atomic E-state index is 12.7. The maximum Gasteiger partial charge on any atom is 0.236 e. The molecule has 0 bridgehead atoms. The molecule has 4 rings (SSSR count). The van der Waals surface area contributed by atoms with Crippen molar-refractivity contribution in [1.82, 2.24) is 14.8 Å². The largest absolute Gasteiger partial charge is 0.354 e. The van der Waals surface area contributed by atoms with Gasteiger partial charge in [-0.25, -0.2) is 4.98 Å². The minimum absolute atomic E-state index is 0.296. The van der Waals surface area contributed by atoms with Crippen LogP contribution in [0.1, 0.15) is 18.4 Å². The third kappa shape index (κ3) is 4.90. The molecule has 0 atom stereocenters. The smallest absolute Gasteiger partial charge is 0.236 e. The summed E-state index contributed by atoms with van der Waals surface area (Å²) in [5.41, 5.74) is 1.41. The maximum atomic E-state index is 12.7. The number of rotatable bonds is 5. The molecule has 2 aliphatic rings. The topological polar surface area (TPSA) is 39.7 Å². The highest BCUT2D eigenvalue weighted by Crippen LogP contribution is 2.22. The number of pyridine rings is 1. The quantitative estimate of drug-likeness (QED) is 0.802. The van der Waals surface area contributed by atoms with Crippen LogP contribution in [0.25, 0.3) is 0 Å². The van der Waals surface area contributed by atoms with Crippen LogP contribution in [-0.2, 0) is 11.2 Å². The number of carbonyl (C=O) groups excluding carboxylic acids is 1. The summed E-state index contributed by atoms with van der Waals surface area (Å²) < 4.78 is 0. The second-order valence-corrected chi connectivity index (χ2v) is 7.97. The number of nitrogens with zero attached hydrogens (tertiary/aromatic N) is 4. The predicted octanol–water partition coefficient (Wildman–Crippen LogP) is 2.68. The van der Waals surface area contributed by atoms with Gasteiger partial charge < -0.3 is 9.80 Å². The van der Waals surface area contributed by atoms with Crippen LogP contribution >= 0.6 is 0 Å². The van der Waals surface area contributed by atoms with Gasteiger partial charge in [-0.05, 0) is 42.9 Å². The number of anilines is 1. The molecule has 0 saturated carbocycles. The van der Waals surface area contributed by atoms with Gasteiger partial charge in [-0.3, -0.25) is 9.69 Å². The van der Waals surface area contributed by atoms with Crippen LogP contribution in [-0.4, -0.2) is 66.5 Å². The van der Waals surface area contributed by atoms with Gasteiger partial charge in [0.15, 0.2) is 0 Å². The molecule has 2 fully saturated rings. The average Bonchev–Trinajstić information content (AvgIpc) is 2.76. The molecule has 5 heteroatoms. The highest BCUT2D eigenvalue weighted by atomic mass is 16.2. The van der Waals surface area contributed by atoms with Gasteiger partial charge in [0.05, 0.1) is 6.54 Å². The minimum Gasteiger partial charge on any atom is -0.354 e. The summed E-state index contributed by atoms with van der Waals surface area (Å²) in [6.45, 7) is 6.08. The number of piperidine rings is 1. The molecule has 0 unspecified atom stereocenters. The Morgan fingerprint density at radius 3 is 2.29 bits per heavy atom. The molecule has 148 valence electrons. The number of hydrogen-bond donors (Lipinski definition) is 0. The van der Waals surface area contributed by atoms with E-state index < -0.39 is 0 Å².